The number of sulfone groups is 1. The molecule has 0 aliphatic heterocycles. The summed E-state index contributed by atoms with van der Waals surface area (Å²) >= 11 is 2.45. The molecule has 1 aliphatic carbocycles. The minimum absolute atomic E-state index is 0.0220. The molecule has 174 valence electrons. The van der Waals surface area contributed by atoms with E-state index in [9.17, 15) is 23.1 Å². The van der Waals surface area contributed by atoms with Crippen LogP contribution in [0, 0.1) is 0 Å². The van der Waals surface area contributed by atoms with E-state index in [2.05, 4.69) is 4.98 Å². The molecule has 8 nitrogen and oxygen atoms in total. The lowest BCUT2D eigenvalue weighted by Crippen LogP contribution is -2.46. The average molecular weight is 498 g/mol. The number of carboxylic acid groups (broad SMARTS) is 1. The highest BCUT2D eigenvalue weighted by atomic mass is 32.2. The Kier molecular flexibility index (Phi) is 7.21. The molecule has 2 aromatic rings. The first-order chi connectivity index (χ1) is 14.9. The Morgan fingerprint density at radius 3 is 2.31 bits per heavy atom. The first kappa shape index (κ1) is 24.5. The molecule has 1 aromatic heterocycles. The summed E-state index contributed by atoms with van der Waals surface area (Å²) in [7, 11) is -1.69. The number of aliphatic carboxylic acids is 1. The number of rotatable bonds is 7. The zero-order chi connectivity index (χ0) is 23.7. The van der Waals surface area contributed by atoms with Gasteiger partial charge in [0.05, 0.1) is 15.3 Å². The first-order valence-electron chi connectivity index (χ1n) is 10.2. The van der Waals surface area contributed by atoms with Crippen LogP contribution in [0.1, 0.15) is 39.5 Å². The van der Waals surface area contributed by atoms with Crippen LogP contribution in [0.2, 0.25) is 0 Å². The van der Waals surface area contributed by atoms with Crippen LogP contribution in [-0.2, 0) is 14.6 Å². The first-order valence-corrected chi connectivity index (χ1v) is 13.7. The number of carbonyl (C=O) groups is 2. The number of carbonyl (C=O) groups excluding carboxylic acids is 1. The molecule has 0 atom stereocenters. The minimum atomic E-state index is -3.33. The summed E-state index contributed by atoms with van der Waals surface area (Å²) in [4.78, 5) is 32.6. The smallest absolute Gasteiger partial charge is 0.330 e. The normalized spacial score (nSPS) is 15.0. The Morgan fingerprint density at radius 2 is 1.78 bits per heavy atom. The largest absolute Gasteiger partial charge is 0.480 e. The number of hydrogen-bond acceptors (Lipinski definition) is 7. The standard InChI is InChI=1S/C21H27N3O5S3/c1-21(2,18(25)26)31-17-13-22-19(30-17)23(3)20(27)24(14-7-5-6-8-14)15-9-11-16(12-10-15)32(4,28)29/h9-14H,5-8H2,1-4H3,(H,25,26). The van der Waals surface area contributed by atoms with Crippen molar-refractivity contribution < 1.29 is 23.1 Å². The van der Waals surface area contributed by atoms with Gasteiger partial charge in [0, 0.05) is 25.0 Å². The molecule has 1 heterocycles. The molecule has 2 amide bonds. The molecule has 11 heteroatoms. The number of thioether (sulfide) groups is 1. The fourth-order valence-electron chi connectivity index (χ4n) is 3.49. The van der Waals surface area contributed by atoms with Gasteiger partial charge in [0.2, 0.25) is 0 Å². The van der Waals surface area contributed by atoms with E-state index in [1.165, 1.54) is 40.1 Å². The van der Waals surface area contributed by atoms with E-state index >= 15 is 0 Å². The summed E-state index contributed by atoms with van der Waals surface area (Å²) in [5.74, 6) is -0.924. The molecule has 1 fully saturated rings. The Balaban J connectivity index is 1.86. The summed E-state index contributed by atoms with van der Waals surface area (Å²) in [6.45, 7) is 3.24. The molecular formula is C21H27N3O5S3. The van der Waals surface area contributed by atoms with E-state index in [0.717, 1.165) is 31.9 Å². The van der Waals surface area contributed by atoms with Crippen molar-refractivity contribution in [2.75, 3.05) is 23.1 Å². The van der Waals surface area contributed by atoms with Crippen LogP contribution in [0.3, 0.4) is 0 Å². The number of thiazole rings is 1. The minimum Gasteiger partial charge on any atom is -0.480 e. The fourth-order valence-corrected chi connectivity index (χ4v) is 6.43. The van der Waals surface area contributed by atoms with Gasteiger partial charge in [-0.2, -0.15) is 0 Å². The summed E-state index contributed by atoms with van der Waals surface area (Å²) < 4.78 is 23.3. The highest BCUT2D eigenvalue weighted by molar-refractivity contribution is 8.03. The van der Waals surface area contributed by atoms with Gasteiger partial charge in [-0.05, 0) is 51.0 Å². The highest BCUT2D eigenvalue weighted by Crippen LogP contribution is 2.39. The number of anilines is 2. The molecule has 0 unspecified atom stereocenters. The van der Waals surface area contributed by atoms with Crippen molar-refractivity contribution in [1.29, 1.82) is 0 Å². The van der Waals surface area contributed by atoms with Crippen LogP contribution >= 0.6 is 23.1 Å². The van der Waals surface area contributed by atoms with E-state index in [-0.39, 0.29) is 17.0 Å². The highest BCUT2D eigenvalue weighted by Gasteiger charge is 2.33. The van der Waals surface area contributed by atoms with Crippen molar-refractivity contribution in [3.05, 3.63) is 30.5 Å². The van der Waals surface area contributed by atoms with Gasteiger partial charge in [0.15, 0.2) is 15.0 Å². The monoisotopic (exact) mass is 497 g/mol. The van der Waals surface area contributed by atoms with Crippen LogP contribution in [0.25, 0.3) is 0 Å². The van der Waals surface area contributed by atoms with Crippen molar-refractivity contribution in [3.8, 4) is 0 Å². The number of amides is 2. The van der Waals surface area contributed by atoms with Gasteiger partial charge < -0.3 is 5.11 Å². The molecule has 1 aliphatic rings. The zero-order valence-corrected chi connectivity index (χ0v) is 20.9. The predicted molar refractivity (Wildman–Crippen MR) is 128 cm³/mol. The Morgan fingerprint density at radius 1 is 1.19 bits per heavy atom. The van der Waals surface area contributed by atoms with Crippen molar-refractivity contribution in [1.82, 2.24) is 4.98 Å². The zero-order valence-electron chi connectivity index (χ0n) is 18.4. The third-order valence-corrected chi connectivity index (χ3v) is 8.84. The fraction of sp³-hybridized carbons (Fsp3) is 0.476. The van der Waals surface area contributed by atoms with Gasteiger partial charge in [-0.15, -0.1) is 0 Å². The summed E-state index contributed by atoms with van der Waals surface area (Å²) in [6.07, 6.45) is 6.54. The number of benzene rings is 1. The lowest BCUT2D eigenvalue weighted by atomic mass is 10.2. The quantitative estimate of drug-likeness (QED) is 0.561. The lowest BCUT2D eigenvalue weighted by Gasteiger charge is -2.32. The third kappa shape index (κ3) is 5.44. The van der Waals surface area contributed by atoms with Gasteiger partial charge in [-0.25, -0.2) is 18.2 Å². The van der Waals surface area contributed by atoms with Crippen molar-refractivity contribution in [2.45, 2.75) is 59.4 Å². The molecular weight excluding hydrogens is 470 g/mol. The van der Waals surface area contributed by atoms with Crippen molar-refractivity contribution in [3.63, 3.8) is 0 Å². The second-order valence-corrected chi connectivity index (χ2v) is 13.2. The molecule has 0 bridgehead atoms. The van der Waals surface area contributed by atoms with E-state index in [0.29, 0.717) is 15.0 Å². The molecule has 32 heavy (non-hydrogen) atoms. The number of hydrogen-bond donors (Lipinski definition) is 1. The number of urea groups is 1. The van der Waals surface area contributed by atoms with Crippen molar-refractivity contribution in [2.24, 2.45) is 0 Å². The van der Waals surface area contributed by atoms with Crippen LogP contribution in [0.15, 0.2) is 39.6 Å². The van der Waals surface area contributed by atoms with Gasteiger partial charge in [0.1, 0.15) is 4.75 Å². The van der Waals surface area contributed by atoms with Crippen molar-refractivity contribution >= 4 is 55.8 Å². The third-order valence-electron chi connectivity index (χ3n) is 5.36. The molecule has 1 N–H and O–H groups in total. The second-order valence-electron chi connectivity index (χ2n) is 8.30. The van der Waals surface area contributed by atoms with Crippen LogP contribution in [0.5, 0.6) is 0 Å². The molecule has 0 radical (unpaired) electrons. The van der Waals surface area contributed by atoms with Gasteiger partial charge in [0.25, 0.3) is 0 Å². The number of aromatic nitrogens is 1. The molecule has 1 aromatic carbocycles. The van der Waals surface area contributed by atoms with Gasteiger partial charge in [-0.1, -0.05) is 35.9 Å². The molecule has 0 saturated heterocycles. The van der Waals surface area contributed by atoms with E-state index in [1.54, 1.807) is 44.1 Å². The Labute approximate surface area is 196 Å². The summed E-state index contributed by atoms with van der Waals surface area (Å²) in [5.41, 5.74) is 0.638. The average Bonchev–Trinajstić information content (AvgIpc) is 3.39. The Bertz CT molecular complexity index is 1090. The predicted octanol–water partition coefficient (Wildman–Crippen LogP) is 4.51. The maximum absolute atomic E-state index is 13.5. The second kappa shape index (κ2) is 9.40. The molecule has 0 spiro atoms. The molecule has 3 rings (SSSR count). The lowest BCUT2D eigenvalue weighted by molar-refractivity contribution is -0.138. The number of carboxylic acids is 1. The van der Waals surface area contributed by atoms with Gasteiger partial charge >= 0.3 is 12.0 Å². The van der Waals surface area contributed by atoms with Crippen LogP contribution < -0.4 is 9.80 Å². The SMILES string of the molecule is CN(C(=O)N(c1ccc(S(C)(=O)=O)cc1)C1CCCC1)c1ncc(SC(C)(C)C(=O)O)s1. The summed E-state index contributed by atoms with van der Waals surface area (Å²) in [5, 5.41) is 9.82. The topological polar surface area (TPSA) is 108 Å². The number of nitrogens with zero attached hydrogens (tertiary/aromatic N) is 3. The van der Waals surface area contributed by atoms with Gasteiger partial charge in [-0.3, -0.25) is 14.6 Å². The van der Waals surface area contributed by atoms with Crippen LogP contribution in [-0.4, -0.2) is 54.6 Å². The maximum Gasteiger partial charge on any atom is 0.330 e. The Hall–Kier alpha value is -2.11. The van der Waals surface area contributed by atoms with E-state index < -0.39 is 20.6 Å². The van der Waals surface area contributed by atoms with E-state index in [4.69, 9.17) is 0 Å². The summed E-state index contributed by atoms with van der Waals surface area (Å²) in [6, 6.07) is 6.14. The maximum atomic E-state index is 13.5. The van der Waals surface area contributed by atoms with E-state index in [1.807, 2.05) is 0 Å². The van der Waals surface area contributed by atoms with Crippen LogP contribution in [0.4, 0.5) is 15.6 Å². The molecule has 1 saturated carbocycles.